The molecule has 4 nitrogen and oxygen atoms in total. The van der Waals surface area contributed by atoms with E-state index in [2.05, 4.69) is 12.1 Å². The van der Waals surface area contributed by atoms with Gasteiger partial charge in [-0.2, -0.15) is 0 Å². The topological polar surface area (TPSA) is 38.8 Å². The van der Waals surface area contributed by atoms with Crippen molar-refractivity contribution in [1.82, 2.24) is 4.90 Å². The van der Waals surface area contributed by atoms with E-state index in [0.717, 1.165) is 23.1 Å². The average Bonchev–Trinajstić information content (AvgIpc) is 3.16. The lowest BCUT2D eigenvalue weighted by molar-refractivity contribution is -0.143. The first kappa shape index (κ1) is 17.7. The summed E-state index contributed by atoms with van der Waals surface area (Å²) in [6, 6.07) is 14.3. The third-order valence-electron chi connectivity index (χ3n) is 5.23. The third-order valence-corrected chi connectivity index (χ3v) is 5.23. The molecule has 1 saturated heterocycles. The van der Waals surface area contributed by atoms with Crippen LogP contribution in [0.15, 0.2) is 60.4 Å². The number of hydrogen-bond donors (Lipinski definition) is 0. The van der Waals surface area contributed by atoms with Crippen LogP contribution in [0.25, 0.3) is 0 Å². The minimum atomic E-state index is -0.500. The van der Waals surface area contributed by atoms with Gasteiger partial charge in [-0.15, -0.1) is 0 Å². The minimum absolute atomic E-state index is 0.0293. The zero-order valence-corrected chi connectivity index (χ0v) is 15.2. The number of benzene rings is 2. The van der Waals surface area contributed by atoms with Crippen LogP contribution in [0.3, 0.4) is 0 Å². The lowest BCUT2D eigenvalue weighted by Gasteiger charge is -2.38. The van der Waals surface area contributed by atoms with Crippen LogP contribution < -0.4 is 0 Å². The molecule has 0 saturated carbocycles. The molecule has 27 heavy (non-hydrogen) atoms. The molecule has 0 unspecified atom stereocenters. The predicted octanol–water partition coefficient (Wildman–Crippen LogP) is 3.62. The Morgan fingerprint density at radius 2 is 2.00 bits per heavy atom. The summed E-state index contributed by atoms with van der Waals surface area (Å²) in [7, 11) is 1.59. The van der Waals surface area contributed by atoms with Crippen molar-refractivity contribution < 1.29 is 18.7 Å². The molecule has 0 aliphatic carbocycles. The lowest BCUT2D eigenvalue weighted by Crippen LogP contribution is -2.45. The third kappa shape index (κ3) is 3.47. The second-order valence-electron chi connectivity index (χ2n) is 6.95. The summed E-state index contributed by atoms with van der Waals surface area (Å²) in [4.78, 5) is 15.1. The number of ether oxygens (including phenoxy) is 2. The Labute approximate surface area is 158 Å². The van der Waals surface area contributed by atoms with Crippen LogP contribution >= 0.6 is 0 Å². The van der Waals surface area contributed by atoms with Crippen molar-refractivity contribution in [3.63, 3.8) is 0 Å². The number of carbonyl (C=O) groups is 1. The standard InChI is InChI=1S/C22H22FNO3/c1-26-13-15-12-20(27-14-15)22(25)24-11-10-16-4-2-3-5-19(16)21(24)17-6-8-18(23)9-7-17/h2-9,13,20-21H,10-12,14H2,1H3/t20-,21+/m1/s1. The number of methoxy groups -OCH3 is 1. The van der Waals surface area contributed by atoms with E-state index in [1.54, 1.807) is 25.5 Å². The maximum Gasteiger partial charge on any atom is 0.252 e. The Hall–Kier alpha value is -2.66. The number of hydrogen-bond acceptors (Lipinski definition) is 3. The summed E-state index contributed by atoms with van der Waals surface area (Å²) in [6.45, 7) is 1.02. The Morgan fingerprint density at radius 1 is 1.22 bits per heavy atom. The highest BCUT2D eigenvalue weighted by Crippen LogP contribution is 2.36. The van der Waals surface area contributed by atoms with Gasteiger partial charge in [0.05, 0.1) is 26.0 Å². The minimum Gasteiger partial charge on any atom is -0.504 e. The molecule has 1 amide bonds. The summed E-state index contributed by atoms with van der Waals surface area (Å²) in [5.41, 5.74) is 4.20. The van der Waals surface area contributed by atoms with Gasteiger partial charge >= 0.3 is 0 Å². The maximum absolute atomic E-state index is 13.4. The Kier molecular flexibility index (Phi) is 4.94. The van der Waals surface area contributed by atoms with Crippen LogP contribution in [0.1, 0.15) is 29.2 Å². The van der Waals surface area contributed by atoms with E-state index in [1.807, 2.05) is 17.0 Å². The van der Waals surface area contributed by atoms with Crippen LogP contribution in [0, 0.1) is 5.82 Å². The monoisotopic (exact) mass is 367 g/mol. The van der Waals surface area contributed by atoms with E-state index >= 15 is 0 Å². The first-order chi connectivity index (χ1) is 13.2. The van der Waals surface area contributed by atoms with Gasteiger partial charge in [0.2, 0.25) is 0 Å². The zero-order chi connectivity index (χ0) is 18.8. The molecule has 1 fully saturated rings. The molecule has 0 spiro atoms. The van der Waals surface area contributed by atoms with E-state index in [0.29, 0.717) is 19.6 Å². The van der Waals surface area contributed by atoms with Gasteiger partial charge in [-0.3, -0.25) is 4.79 Å². The highest BCUT2D eigenvalue weighted by Gasteiger charge is 2.37. The Balaban J connectivity index is 1.68. The van der Waals surface area contributed by atoms with Gasteiger partial charge in [0.25, 0.3) is 5.91 Å². The second kappa shape index (κ2) is 7.53. The summed E-state index contributed by atoms with van der Waals surface area (Å²) in [6.07, 6.45) is 2.49. The number of amides is 1. The van der Waals surface area contributed by atoms with Crippen molar-refractivity contribution in [2.75, 3.05) is 20.3 Å². The summed E-state index contributed by atoms with van der Waals surface area (Å²) < 4.78 is 24.2. The van der Waals surface area contributed by atoms with E-state index < -0.39 is 6.10 Å². The van der Waals surface area contributed by atoms with Crippen molar-refractivity contribution in [2.24, 2.45) is 0 Å². The fourth-order valence-corrected chi connectivity index (χ4v) is 3.96. The van der Waals surface area contributed by atoms with Gasteiger partial charge in [0, 0.05) is 13.0 Å². The zero-order valence-electron chi connectivity index (χ0n) is 15.2. The smallest absolute Gasteiger partial charge is 0.252 e. The molecule has 0 aromatic heterocycles. The molecule has 2 aromatic carbocycles. The van der Waals surface area contributed by atoms with E-state index in [1.165, 1.54) is 17.7 Å². The van der Waals surface area contributed by atoms with Crippen LogP contribution in [0.5, 0.6) is 0 Å². The number of rotatable bonds is 3. The molecule has 140 valence electrons. The number of halogens is 1. The maximum atomic E-state index is 13.4. The molecule has 2 heterocycles. The van der Waals surface area contributed by atoms with Crippen molar-refractivity contribution >= 4 is 5.91 Å². The van der Waals surface area contributed by atoms with Gasteiger partial charge in [0.1, 0.15) is 11.9 Å². The first-order valence-electron chi connectivity index (χ1n) is 9.13. The molecule has 2 aliphatic rings. The van der Waals surface area contributed by atoms with Gasteiger partial charge in [-0.25, -0.2) is 4.39 Å². The molecule has 2 aliphatic heterocycles. The van der Waals surface area contributed by atoms with Crippen molar-refractivity contribution in [3.05, 3.63) is 82.9 Å². The van der Waals surface area contributed by atoms with Crippen LogP contribution in [-0.4, -0.2) is 37.2 Å². The summed E-state index contributed by atoms with van der Waals surface area (Å²) >= 11 is 0. The molecule has 0 N–H and O–H groups in total. The van der Waals surface area contributed by atoms with Gasteiger partial charge in [0.15, 0.2) is 0 Å². The van der Waals surface area contributed by atoms with E-state index in [-0.39, 0.29) is 17.8 Å². The first-order valence-corrected chi connectivity index (χ1v) is 9.13. The average molecular weight is 367 g/mol. The number of fused-ring (bicyclic) bond motifs is 1. The molecule has 4 rings (SSSR count). The van der Waals surface area contributed by atoms with Crippen molar-refractivity contribution in [2.45, 2.75) is 25.0 Å². The van der Waals surface area contributed by atoms with E-state index in [4.69, 9.17) is 9.47 Å². The van der Waals surface area contributed by atoms with Gasteiger partial charge in [-0.05, 0) is 40.8 Å². The largest absolute Gasteiger partial charge is 0.504 e. The number of carbonyl (C=O) groups excluding carboxylic acids is 1. The highest BCUT2D eigenvalue weighted by molar-refractivity contribution is 5.83. The molecule has 5 heteroatoms. The predicted molar refractivity (Wildman–Crippen MR) is 99.6 cm³/mol. The molecular weight excluding hydrogens is 345 g/mol. The van der Waals surface area contributed by atoms with Crippen LogP contribution in [0.2, 0.25) is 0 Å². The second-order valence-corrected chi connectivity index (χ2v) is 6.95. The molecule has 2 aromatic rings. The molecule has 2 atom stereocenters. The highest BCUT2D eigenvalue weighted by atomic mass is 19.1. The Bertz CT molecular complexity index is 862. The van der Waals surface area contributed by atoms with Crippen molar-refractivity contribution in [3.8, 4) is 0 Å². The van der Waals surface area contributed by atoms with Gasteiger partial charge < -0.3 is 14.4 Å². The molecular formula is C22H22FNO3. The fraction of sp³-hybridized carbons (Fsp3) is 0.318. The summed E-state index contributed by atoms with van der Waals surface area (Å²) in [5, 5.41) is 0. The Morgan fingerprint density at radius 3 is 2.78 bits per heavy atom. The SMILES string of the molecule is COC=C1CO[C@@H](C(=O)N2CCc3ccccc3[C@@H]2c2ccc(F)cc2)C1. The van der Waals surface area contributed by atoms with Crippen LogP contribution in [0.4, 0.5) is 4.39 Å². The fourth-order valence-electron chi connectivity index (χ4n) is 3.96. The molecule has 0 radical (unpaired) electrons. The number of nitrogens with zero attached hydrogens (tertiary/aromatic N) is 1. The van der Waals surface area contributed by atoms with E-state index in [9.17, 15) is 9.18 Å². The quantitative estimate of drug-likeness (QED) is 0.778. The lowest BCUT2D eigenvalue weighted by atomic mass is 9.87. The normalized spacial score (nSPS) is 23.3. The van der Waals surface area contributed by atoms with Crippen LogP contribution in [-0.2, 0) is 20.7 Å². The van der Waals surface area contributed by atoms with Crippen molar-refractivity contribution in [1.29, 1.82) is 0 Å². The molecule has 0 bridgehead atoms. The summed E-state index contributed by atoms with van der Waals surface area (Å²) in [5.74, 6) is -0.312. The van der Waals surface area contributed by atoms with Gasteiger partial charge in [-0.1, -0.05) is 36.4 Å².